The van der Waals surface area contributed by atoms with Gasteiger partial charge in [0.15, 0.2) is 5.84 Å². The molecule has 0 aromatic heterocycles. The molecular formula is C13H27N5O2. The lowest BCUT2D eigenvalue weighted by atomic mass is 9.93. The molecule has 7 nitrogen and oxygen atoms in total. The normalized spacial score (nSPS) is 23.9. The van der Waals surface area contributed by atoms with Gasteiger partial charge in [-0.25, -0.2) is 0 Å². The first kappa shape index (κ1) is 16.7. The van der Waals surface area contributed by atoms with E-state index < -0.39 is 5.92 Å². The lowest BCUT2D eigenvalue weighted by molar-refractivity contribution is -0.124. The predicted octanol–water partition coefficient (Wildman–Crippen LogP) is -0.633. The van der Waals surface area contributed by atoms with Crippen LogP contribution in [0.3, 0.4) is 0 Å². The highest BCUT2D eigenvalue weighted by Crippen LogP contribution is 2.12. The van der Waals surface area contributed by atoms with Crippen molar-refractivity contribution in [3.8, 4) is 0 Å². The van der Waals surface area contributed by atoms with Crippen LogP contribution in [0.4, 0.5) is 0 Å². The van der Waals surface area contributed by atoms with E-state index in [0.29, 0.717) is 6.54 Å². The van der Waals surface area contributed by atoms with Crippen LogP contribution in [0.1, 0.15) is 13.8 Å². The minimum Gasteiger partial charge on any atom is -0.409 e. The third kappa shape index (κ3) is 4.35. The maximum Gasteiger partial charge on any atom is 0.231 e. The number of rotatable bonds is 5. The number of carbonyl (C=O) groups is 1. The lowest BCUT2D eigenvalue weighted by Crippen LogP contribution is -2.55. The van der Waals surface area contributed by atoms with Gasteiger partial charge in [0, 0.05) is 32.2 Å². The molecule has 1 aliphatic heterocycles. The Bertz CT molecular complexity index is 359. The Morgan fingerprint density at radius 1 is 1.45 bits per heavy atom. The molecule has 7 heteroatoms. The van der Waals surface area contributed by atoms with Crippen LogP contribution in [0.2, 0.25) is 0 Å². The third-order valence-electron chi connectivity index (χ3n) is 3.88. The van der Waals surface area contributed by atoms with Gasteiger partial charge in [0.1, 0.15) is 5.92 Å². The highest BCUT2D eigenvalue weighted by atomic mass is 16.4. The maximum absolute atomic E-state index is 12.2. The molecule has 116 valence electrons. The summed E-state index contributed by atoms with van der Waals surface area (Å²) in [7, 11) is 4.14. The van der Waals surface area contributed by atoms with E-state index in [2.05, 4.69) is 34.4 Å². The average molecular weight is 285 g/mol. The molecule has 0 radical (unpaired) electrons. The summed E-state index contributed by atoms with van der Waals surface area (Å²) in [5.74, 6) is -0.826. The molecule has 2 unspecified atom stereocenters. The van der Waals surface area contributed by atoms with Crippen LogP contribution >= 0.6 is 0 Å². The van der Waals surface area contributed by atoms with E-state index >= 15 is 0 Å². The Balaban J connectivity index is 2.56. The van der Waals surface area contributed by atoms with Gasteiger partial charge < -0.3 is 21.2 Å². The Kier molecular flexibility index (Phi) is 6.22. The van der Waals surface area contributed by atoms with E-state index in [1.54, 1.807) is 0 Å². The van der Waals surface area contributed by atoms with Crippen LogP contribution in [-0.2, 0) is 4.79 Å². The first-order chi connectivity index (χ1) is 9.36. The van der Waals surface area contributed by atoms with Crippen LogP contribution in [0.15, 0.2) is 5.16 Å². The Morgan fingerprint density at radius 3 is 2.65 bits per heavy atom. The molecule has 1 aliphatic rings. The molecule has 0 spiro atoms. The molecule has 1 amide bonds. The van der Waals surface area contributed by atoms with Crippen molar-refractivity contribution in [1.82, 2.24) is 15.1 Å². The number of hydrogen-bond donors (Lipinski definition) is 3. The van der Waals surface area contributed by atoms with Gasteiger partial charge in [0.2, 0.25) is 5.91 Å². The smallest absolute Gasteiger partial charge is 0.231 e. The second-order valence-corrected chi connectivity index (χ2v) is 5.89. The van der Waals surface area contributed by atoms with E-state index in [0.717, 1.165) is 19.6 Å². The number of nitrogens with zero attached hydrogens (tertiary/aromatic N) is 3. The molecule has 1 saturated heterocycles. The number of oxime groups is 1. The minimum atomic E-state index is -0.591. The fraction of sp³-hybridized carbons (Fsp3) is 0.846. The van der Waals surface area contributed by atoms with Gasteiger partial charge in [-0.15, -0.1) is 0 Å². The summed E-state index contributed by atoms with van der Waals surface area (Å²) in [6.45, 7) is 7.28. The topological polar surface area (TPSA) is 94.2 Å². The molecule has 0 aromatic carbocycles. The quantitative estimate of drug-likeness (QED) is 0.270. The van der Waals surface area contributed by atoms with Gasteiger partial charge in [0.05, 0.1) is 0 Å². The number of nitrogens with one attached hydrogen (secondary N) is 1. The van der Waals surface area contributed by atoms with Gasteiger partial charge in [-0.1, -0.05) is 19.0 Å². The zero-order valence-corrected chi connectivity index (χ0v) is 12.8. The zero-order valence-electron chi connectivity index (χ0n) is 12.8. The highest BCUT2D eigenvalue weighted by molar-refractivity contribution is 6.02. The van der Waals surface area contributed by atoms with Crippen LogP contribution in [0.5, 0.6) is 0 Å². The highest BCUT2D eigenvalue weighted by Gasteiger charge is 2.28. The van der Waals surface area contributed by atoms with E-state index in [9.17, 15) is 4.79 Å². The third-order valence-corrected chi connectivity index (χ3v) is 3.88. The molecule has 0 aromatic rings. The van der Waals surface area contributed by atoms with Crippen molar-refractivity contribution in [1.29, 1.82) is 0 Å². The molecular weight excluding hydrogens is 258 g/mol. The van der Waals surface area contributed by atoms with Crippen molar-refractivity contribution in [2.75, 3.05) is 40.3 Å². The second kappa shape index (κ2) is 7.44. The average Bonchev–Trinajstić information content (AvgIpc) is 2.39. The maximum atomic E-state index is 12.2. The molecule has 1 rings (SSSR count). The van der Waals surface area contributed by atoms with Gasteiger partial charge >= 0.3 is 0 Å². The lowest BCUT2D eigenvalue weighted by Gasteiger charge is -2.38. The van der Waals surface area contributed by atoms with Crippen LogP contribution in [-0.4, -0.2) is 73.1 Å². The first-order valence-corrected chi connectivity index (χ1v) is 7.00. The van der Waals surface area contributed by atoms with Gasteiger partial charge in [-0.3, -0.25) is 9.69 Å². The summed E-state index contributed by atoms with van der Waals surface area (Å²) in [5.41, 5.74) is 5.60. The predicted molar refractivity (Wildman–Crippen MR) is 78.7 cm³/mol. The Hall–Kier alpha value is -1.34. The van der Waals surface area contributed by atoms with Crippen molar-refractivity contribution in [3.63, 3.8) is 0 Å². The van der Waals surface area contributed by atoms with Gasteiger partial charge in [-0.05, 0) is 20.0 Å². The molecule has 1 fully saturated rings. The number of nitrogens with two attached hydrogens (primary N) is 1. The van der Waals surface area contributed by atoms with Crippen molar-refractivity contribution in [2.45, 2.75) is 19.9 Å². The number of amides is 1. The molecule has 0 bridgehead atoms. The molecule has 20 heavy (non-hydrogen) atoms. The molecule has 4 N–H and O–H groups in total. The van der Waals surface area contributed by atoms with Gasteiger partial charge in [-0.2, -0.15) is 0 Å². The van der Waals surface area contributed by atoms with Crippen molar-refractivity contribution >= 4 is 11.7 Å². The van der Waals surface area contributed by atoms with Crippen LogP contribution in [0.25, 0.3) is 0 Å². The number of hydrogen-bond acceptors (Lipinski definition) is 5. The number of carbonyl (C=O) groups excluding carboxylic acids is 1. The van der Waals surface area contributed by atoms with Crippen molar-refractivity contribution in [3.05, 3.63) is 0 Å². The summed E-state index contributed by atoms with van der Waals surface area (Å²) in [6, 6.07) is 0.290. The van der Waals surface area contributed by atoms with Crippen LogP contribution in [0, 0.1) is 11.8 Å². The van der Waals surface area contributed by atoms with E-state index in [4.69, 9.17) is 10.9 Å². The summed E-state index contributed by atoms with van der Waals surface area (Å²) in [6.07, 6.45) is 0. The monoisotopic (exact) mass is 285 g/mol. The van der Waals surface area contributed by atoms with Gasteiger partial charge in [0.25, 0.3) is 0 Å². The zero-order chi connectivity index (χ0) is 15.3. The fourth-order valence-corrected chi connectivity index (χ4v) is 2.49. The molecule has 0 aliphatic carbocycles. The van der Waals surface area contributed by atoms with E-state index in [1.165, 1.54) is 0 Å². The van der Waals surface area contributed by atoms with E-state index in [1.807, 2.05) is 13.8 Å². The summed E-state index contributed by atoms with van der Waals surface area (Å²) < 4.78 is 0. The number of piperazine rings is 1. The molecule has 1 heterocycles. The number of amidine groups is 1. The summed E-state index contributed by atoms with van der Waals surface area (Å²) in [4.78, 5) is 16.7. The summed E-state index contributed by atoms with van der Waals surface area (Å²) in [5, 5.41) is 14.7. The standard InChI is InChI=1S/C13H27N5O2/c1-9(2)11(12(14)16-20)13(19)15-7-10-8-17(3)5-6-18(10)4/h9-11,20H,5-8H2,1-4H3,(H2,14,16)(H,15,19). The van der Waals surface area contributed by atoms with E-state index in [-0.39, 0.29) is 23.7 Å². The van der Waals surface area contributed by atoms with Crippen molar-refractivity contribution < 1.29 is 10.0 Å². The second-order valence-electron chi connectivity index (χ2n) is 5.89. The number of likely N-dealkylation sites (N-methyl/N-ethyl adjacent to an activating group) is 2. The fourth-order valence-electron chi connectivity index (χ4n) is 2.49. The van der Waals surface area contributed by atoms with Crippen LogP contribution < -0.4 is 11.1 Å². The summed E-state index contributed by atoms with van der Waals surface area (Å²) >= 11 is 0. The Morgan fingerprint density at radius 2 is 2.10 bits per heavy atom. The Labute approximate surface area is 120 Å². The largest absolute Gasteiger partial charge is 0.409 e. The minimum absolute atomic E-state index is 0.0161. The SMILES string of the molecule is CC(C)C(C(=O)NCC1CN(C)CCN1C)C(N)=NO. The molecule has 0 saturated carbocycles. The van der Waals surface area contributed by atoms with Crippen molar-refractivity contribution in [2.24, 2.45) is 22.7 Å². The molecule has 2 atom stereocenters. The first-order valence-electron chi connectivity index (χ1n) is 7.00.